The Labute approximate surface area is 118 Å². The molecule has 0 saturated carbocycles. The molecule has 106 valence electrons. The van der Waals surface area contributed by atoms with E-state index in [-0.39, 0.29) is 3.95 Å². The summed E-state index contributed by atoms with van der Waals surface area (Å²) >= 11 is 5.66. The molecule has 0 bridgehead atoms. The van der Waals surface area contributed by atoms with Crippen molar-refractivity contribution >= 4 is 29.5 Å². The molecule has 2 aromatic rings. The Hall–Kier alpha value is -1.74. The first-order chi connectivity index (χ1) is 9.21. The van der Waals surface area contributed by atoms with Gasteiger partial charge in [-0.25, -0.2) is 8.96 Å². The van der Waals surface area contributed by atoms with Gasteiger partial charge in [-0.2, -0.15) is 13.2 Å². The fourth-order valence-electron chi connectivity index (χ4n) is 1.49. The number of carbonyl (C=O) groups is 1. The number of benzene rings is 1. The van der Waals surface area contributed by atoms with E-state index in [2.05, 4.69) is 0 Å². The molecule has 0 unspecified atom stereocenters. The van der Waals surface area contributed by atoms with Crippen molar-refractivity contribution in [2.24, 2.45) is 0 Å². The fraction of sp³-hybridized carbons (Fsp3) is 0.0909. The summed E-state index contributed by atoms with van der Waals surface area (Å²) in [6.45, 7) is 0. The van der Waals surface area contributed by atoms with Gasteiger partial charge in [0.1, 0.15) is 5.82 Å². The predicted octanol–water partition coefficient (Wildman–Crippen LogP) is 3.83. The van der Waals surface area contributed by atoms with Crippen LogP contribution in [0.3, 0.4) is 0 Å². The molecule has 0 aliphatic heterocycles. The van der Waals surface area contributed by atoms with E-state index >= 15 is 0 Å². The van der Waals surface area contributed by atoms with Crippen LogP contribution >= 0.6 is 23.6 Å². The first-order valence-electron chi connectivity index (χ1n) is 5.03. The fourth-order valence-corrected chi connectivity index (χ4v) is 2.41. The van der Waals surface area contributed by atoms with E-state index in [1.54, 1.807) is 0 Å². The Morgan fingerprint density at radius 3 is 2.50 bits per heavy atom. The predicted molar refractivity (Wildman–Crippen MR) is 65.9 cm³/mol. The average molecular weight is 323 g/mol. The minimum absolute atomic E-state index is 0.0228. The second-order valence-corrected chi connectivity index (χ2v) is 5.20. The molecule has 1 N–H and O–H groups in total. The zero-order chi connectivity index (χ0) is 15.1. The van der Waals surface area contributed by atoms with Gasteiger partial charge < -0.3 is 5.11 Å². The van der Waals surface area contributed by atoms with Gasteiger partial charge in [0.25, 0.3) is 5.91 Å². The van der Waals surface area contributed by atoms with Crippen LogP contribution in [-0.4, -0.2) is 15.6 Å². The van der Waals surface area contributed by atoms with Crippen LogP contribution < -0.4 is 0 Å². The van der Waals surface area contributed by atoms with Crippen LogP contribution in [0.4, 0.5) is 17.6 Å². The smallest absolute Gasteiger partial charge is 0.419 e. The van der Waals surface area contributed by atoms with Gasteiger partial charge in [-0.3, -0.25) is 4.79 Å². The number of nitrogens with zero attached hydrogens (tertiary/aromatic N) is 1. The lowest BCUT2D eigenvalue weighted by atomic mass is 10.1. The summed E-state index contributed by atoms with van der Waals surface area (Å²) in [6, 6.07) is 1.82. The van der Waals surface area contributed by atoms with Crippen molar-refractivity contribution < 1.29 is 27.5 Å². The highest BCUT2D eigenvalue weighted by atomic mass is 32.1. The maximum absolute atomic E-state index is 13.1. The van der Waals surface area contributed by atoms with E-state index in [4.69, 9.17) is 12.2 Å². The Bertz CT molecular complexity index is 733. The molecule has 1 aromatic heterocycles. The van der Waals surface area contributed by atoms with E-state index in [0.717, 1.165) is 17.4 Å². The molecule has 3 nitrogen and oxygen atoms in total. The third-order valence-corrected chi connectivity index (χ3v) is 3.58. The van der Waals surface area contributed by atoms with Crippen molar-refractivity contribution in [3.63, 3.8) is 0 Å². The molecule has 0 atom stereocenters. The number of rotatable bonds is 1. The number of hydrogen-bond donors (Lipinski definition) is 1. The van der Waals surface area contributed by atoms with Crippen molar-refractivity contribution in [1.82, 2.24) is 4.57 Å². The van der Waals surface area contributed by atoms with Crippen LogP contribution in [0.15, 0.2) is 23.6 Å². The quantitative estimate of drug-likeness (QED) is 0.640. The number of carbonyl (C=O) groups excluding carboxylic acids is 1. The Balaban J connectivity index is 2.55. The van der Waals surface area contributed by atoms with Crippen molar-refractivity contribution in [2.45, 2.75) is 6.18 Å². The summed E-state index contributed by atoms with van der Waals surface area (Å²) in [6.07, 6.45) is -4.92. The van der Waals surface area contributed by atoms with E-state index in [9.17, 15) is 27.5 Å². The lowest BCUT2D eigenvalue weighted by Crippen LogP contribution is -2.14. The molecular weight excluding hydrogens is 318 g/mol. The molecule has 0 aliphatic carbocycles. The minimum Gasteiger partial charge on any atom is -0.494 e. The number of aromatic nitrogens is 1. The molecule has 0 amide bonds. The highest BCUT2D eigenvalue weighted by Crippen LogP contribution is 2.32. The normalized spacial score (nSPS) is 11.6. The molecule has 0 spiro atoms. The van der Waals surface area contributed by atoms with Gasteiger partial charge in [-0.05, 0) is 30.4 Å². The van der Waals surface area contributed by atoms with Gasteiger partial charge >= 0.3 is 6.18 Å². The lowest BCUT2D eigenvalue weighted by molar-refractivity contribution is -0.140. The standard InChI is InChI=1S/C11H5F4NO2S2/c12-7-2-1-5(3-6(7)11(13,14)15)9(18)16-8(17)4-20-10(16)19/h1-4,17H. The van der Waals surface area contributed by atoms with E-state index < -0.39 is 34.9 Å². The summed E-state index contributed by atoms with van der Waals surface area (Å²) in [7, 11) is 0. The lowest BCUT2D eigenvalue weighted by Gasteiger charge is -2.10. The first kappa shape index (κ1) is 14.7. The van der Waals surface area contributed by atoms with Crippen LogP contribution in [-0.2, 0) is 6.18 Å². The molecule has 0 saturated heterocycles. The van der Waals surface area contributed by atoms with Gasteiger partial charge in [0.2, 0.25) is 5.88 Å². The second-order valence-electron chi connectivity index (χ2n) is 3.69. The zero-order valence-corrected chi connectivity index (χ0v) is 11.1. The number of thiazole rings is 1. The number of aromatic hydroxyl groups is 1. The van der Waals surface area contributed by atoms with E-state index in [1.807, 2.05) is 0 Å². The largest absolute Gasteiger partial charge is 0.494 e. The number of alkyl halides is 3. The Morgan fingerprint density at radius 1 is 1.35 bits per heavy atom. The zero-order valence-electron chi connectivity index (χ0n) is 9.44. The second kappa shape index (κ2) is 4.98. The minimum atomic E-state index is -4.92. The highest BCUT2D eigenvalue weighted by Gasteiger charge is 2.35. The van der Waals surface area contributed by atoms with Crippen LogP contribution in [0.2, 0.25) is 0 Å². The van der Waals surface area contributed by atoms with Crippen LogP contribution in [0.5, 0.6) is 5.88 Å². The molecule has 1 aromatic carbocycles. The molecule has 0 fully saturated rings. The summed E-state index contributed by atoms with van der Waals surface area (Å²) in [5, 5.41) is 10.6. The van der Waals surface area contributed by atoms with E-state index in [1.165, 1.54) is 5.38 Å². The van der Waals surface area contributed by atoms with Crippen molar-refractivity contribution in [3.05, 3.63) is 44.5 Å². The first-order valence-corrected chi connectivity index (χ1v) is 6.31. The third-order valence-electron chi connectivity index (χ3n) is 2.40. The monoisotopic (exact) mass is 323 g/mol. The topological polar surface area (TPSA) is 42.2 Å². The van der Waals surface area contributed by atoms with Crippen LogP contribution in [0.1, 0.15) is 15.9 Å². The maximum Gasteiger partial charge on any atom is 0.419 e. The summed E-state index contributed by atoms with van der Waals surface area (Å²) in [4.78, 5) is 12.0. The molecule has 2 rings (SSSR count). The van der Waals surface area contributed by atoms with Gasteiger partial charge in [-0.15, -0.1) is 11.3 Å². The van der Waals surface area contributed by atoms with Crippen LogP contribution in [0, 0.1) is 9.77 Å². The van der Waals surface area contributed by atoms with Gasteiger partial charge in [-0.1, -0.05) is 0 Å². The SMILES string of the molecule is O=C(c1ccc(F)c(C(F)(F)F)c1)n1c(O)csc1=S. The third kappa shape index (κ3) is 2.59. The number of hydrogen-bond acceptors (Lipinski definition) is 4. The van der Waals surface area contributed by atoms with Gasteiger partial charge in [0.05, 0.1) is 10.9 Å². The van der Waals surface area contributed by atoms with E-state index in [0.29, 0.717) is 16.7 Å². The van der Waals surface area contributed by atoms with Crippen molar-refractivity contribution in [3.8, 4) is 5.88 Å². The summed E-state index contributed by atoms with van der Waals surface area (Å²) in [5.41, 5.74) is -1.98. The summed E-state index contributed by atoms with van der Waals surface area (Å²) in [5.74, 6) is -2.92. The Kier molecular flexibility index (Phi) is 3.65. The van der Waals surface area contributed by atoms with Crippen molar-refractivity contribution in [2.75, 3.05) is 0 Å². The molecule has 20 heavy (non-hydrogen) atoms. The molecule has 9 heteroatoms. The van der Waals surface area contributed by atoms with Crippen LogP contribution in [0.25, 0.3) is 0 Å². The molecule has 1 heterocycles. The van der Waals surface area contributed by atoms with Crippen molar-refractivity contribution in [1.29, 1.82) is 0 Å². The molecule has 0 aliphatic rings. The maximum atomic E-state index is 13.1. The number of halogens is 4. The Morgan fingerprint density at radius 2 is 2.00 bits per heavy atom. The van der Waals surface area contributed by atoms with Gasteiger partial charge in [0, 0.05) is 5.56 Å². The molecule has 0 radical (unpaired) electrons. The highest BCUT2D eigenvalue weighted by molar-refractivity contribution is 7.73. The molecular formula is C11H5F4NO2S2. The summed E-state index contributed by atoms with van der Waals surface area (Å²) < 4.78 is 51.5. The van der Waals surface area contributed by atoms with Gasteiger partial charge in [0.15, 0.2) is 3.95 Å². The average Bonchev–Trinajstić information content (AvgIpc) is 2.67.